The maximum atomic E-state index is 11.9. The maximum absolute atomic E-state index is 11.9. The Hall–Kier alpha value is -1.39. The third-order valence-electron chi connectivity index (χ3n) is 3.60. The molecule has 1 unspecified atom stereocenters. The van der Waals surface area contributed by atoms with Crippen LogP contribution < -0.4 is 5.32 Å². The second-order valence-corrected chi connectivity index (χ2v) is 5.09. The van der Waals surface area contributed by atoms with Gasteiger partial charge in [-0.05, 0) is 37.8 Å². The number of ether oxygens (including phenoxy) is 1. The van der Waals surface area contributed by atoms with E-state index >= 15 is 0 Å². The second kappa shape index (κ2) is 6.68. The number of carbonyl (C=O) groups excluding carboxylic acids is 1. The third kappa shape index (κ3) is 4.04. The SMILES string of the molecule is Cc1ccc(C(=O)NCC(O)C2CCOCC2)cc1. The Kier molecular flexibility index (Phi) is 4.93. The summed E-state index contributed by atoms with van der Waals surface area (Å²) in [5.41, 5.74) is 1.75. The van der Waals surface area contributed by atoms with Crippen molar-refractivity contribution in [3.63, 3.8) is 0 Å². The monoisotopic (exact) mass is 263 g/mol. The topological polar surface area (TPSA) is 58.6 Å². The highest BCUT2D eigenvalue weighted by atomic mass is 16.5. The van der Waals surface area contributed by atoms with E-state index in [4.69, 9.17) is 4.74 Å². The molecule has 1 saturated heterocycles. The number of carbonyl (C=O) groups is 1. The molecule has 4 heteroatoms. The van der Waals surface area contributed by atoms with Crippen molar-refractivity contribution < 1.29 is 14.6 Å². The molecule has 0 aromatic heterocycles. The van der Waals surface area contributed by atoms with Crippen LogP contribution in [0.5, 0.6) is 0 Å². The molecule has 4 nitrogen and oxygen atoms in total. The van der Waals surface area contributed by atoms with Crippen LogP contribution in [0.2, 0.25) is 0 Å². The fraction of sp³-hybridized carbons (Fsp3) is 0.533. The van der Waals surface area contributed by atoms with E-state index in [1.54, 1.807) is 12.1 Å². The van der Waals surface area contributed by atoms with Crippen molar-refractivity contribution in [1.29, 1.82) is 0 Å². The quantitative estimate of drug-likeness (QED) is 0.865. The lowest BCUT2D eigenvalue weighted by Gasteiger charge is -2.26. The lowest BCUT2D eigenvalue weighted by molar-refractivity contribution is 0.00873. The summed E-state index contributed by atoms with van der Waals surface area (Å²) in [5, 5.41) is 12.8. The average Bonchev–Trinajstić information content (AvgIpc) is 2.46. The molecule has 1 aliphatic heterocycles. The van der Waals surface area contributed by atoms with E-state index in [0.29, 0.717) is 25.3 Å². The van der Waals surface area contributed by atoms with Crippen LogP contribution in [0.1, 0.15) is 28.8 Å². The van der Waals surface area contributed by atoms with Gasteiger partial charge in [-0.2, -0.15) is 0 Å². The minimum Gasteiger partial charge on any atom is -0.391 e. The molecule has 2 N–H and O–H groups in total. The highest BCUT2D eigenvalue weighted by Gasteiger charge is 2.22. The molecule has 0 saturated carbocycles. The van der Waals surface area contributed by atoms with E-state index < -0.39 is 6.10 Å². The molecule has 1 fully saturated rings. The summed E-state index contributed by atoms with van der Waals surface area (Å²) in [6, 6.07) is 7.41. The lowest BCUT2D eigenvalue weighted by atomic mass is 9.94. The largest absolute Gasteiger partial charge is 0.391 e. The normalized spacial score (nSPS) is 18.0. The van der Waals surface area contributed by atoms with Crippen LogP contribution in [0.15, 0.2) is 24.3 Å². The van der Waals surface area contributed by atoms with Gasteiger partial charge in [-0.3, -0.25) is 4.79 Å². The van der Waals surface area contributed by atoms with Gasteiger partial charge in [0.1, 0.15) is 0 Å². The molecule has 0 radical (unpaired) electrons. The fourth-order valence-corrected chi connectivity index (χ4v) is 2.27. The van der Waals surface area contributed by atoms with Gasteiger partial charge < -0.3 is 15.2 Å². The van der Waals surface area contributed by atoms with E-state index in [1.165, 1.54) is 0 Å². The van der Waals surface area contributed by atoms with Crippen LogP contribution in [0.4, 0.5) is 0 Å². The van der Waals surface area contributed by atoms with Crippen LogP contribution in [0.25, 0.3) is 0 Å². The van der Waals surface area contributed by atoms with Gasteiger partial charge in [0.2, 0.25) is 0 Å². The molecule has 0 aliphatic carbocycles. The number of amides is 1. The van der Waals surface area contributed by atoms with Crippen molar-refractivity contribution in [2.75, 3.05) is 19.8 Å². The van der Waals surface area contributed by atoms with Crippen LogP contribution >= 0.6 is 0 Å². The van der Waals surface area contributed by atoms with Crippen molar-refractivity contribution in [1.82, 2.24) is 5.32 Å². The minimum atomic E-state index is -0.488. The minimum absolute atomic E-state index is 0.133. The first-order valence-electron chi connectivity index (χ1n) is 6.77. The molecule has 19 heavy (non-hydrogen) atoms. The summed E-state index contributed by atoms with van der Waals surface area (Å²) in [6.45, 7) is 3.69. The molecule has 1 heterocycles. The van der Waals surface area contributed by atoms with Gasteiger partial charge in [0.25, 0.3) is 5.91 Å². The van der Waals surface area contributed by atoms with Crippen LogP contribution in [-0.4, -0.2) is 36.9 Å². The van der Waals surface area contributed by atoms with E-state index in [0.717, 1.165) is 18.4 Å². The van der Waals surface area contributed by atoms with Crippen molar-refractivity contribution in [2.24, 2.45) is 5.92 Å². The first-order valence-corrected chi connectivity index (χ1v) is 6.77. The van der Waals surface area contributed by atoms with Crippen molar-refractivity contribution in [3.05, 3.63) is 35.4 Å². The van der Waals surface area contributed by atoms with Crippen LogP contribution in [0.3, 0.4) is 0 Å². The van der Waals surface area contributed by atoms with Crippen LogP contribution in [-0.2, 0) is 4.74 Å². The number of rotatable bonds is 4. The first kappa shape index (κ1) is 14.0. The molecule has 1 aromatic carbocycles. The molecule has 1 aliphatic rings. The summed E-state index contributed by atoms with van der Waals surface area (Å²) < 4.78 is 5.26. The molecule has 104 valence electrons. The highest BCUT2D eigenvalue weighted by molar-refractivity contribution is 5.94. The summed E-state index contributed by atoms with van der Waals surface area (Å²) >= 11 is 0. The van der Waals surface area contributed by atoms with Gasteiger partial charge in [-0.25, -0.2) is 0 Å². The highest BCUT2D eigenvalue weighted by Crippen LogP contribution is 2.18. The number of nitrogens with one attached hydrogen (secondary N) is 1. The molecule has 1 amide bonds. The Labute approximate surface area is 113 Å². The molecule has 2 rings (SSSR count). The van der Waals surface area contributed by atoms with Crippen molar-refractivity contribution in [2.45, 2.75) is 25.9 Å². The van der Waals surface area contributed by atoms with E-state index in [-0.39, 0.29) is 11.8 Å². The van der Waals surface area contributed by atoms with Crippen molar-refractivity contribution >= 4 is 5.91 Å². The predicted molar refractivity (Wildman–Crippen MR) is 73.1 cm³/mol. The fourth-order valence-electron chi connectivity index (χ4n) is 2.27. The number of hydrogen-bond donors (Lipinski definition) is 2. The lowest BCUT2D eigenvalue weighted by Crippen LogP contribution is -2.38. The zero-order valence-electron chi connectivity index (χ0n) is 11.3. The molecule has 1 aromatic rings. The van der Waals surface area contributed by atoms with Crippen LogP contribution in [0, 0.1) is 12.8 Å². The number of aryl methyl sites for hydroxylation is 1. The number of benzene rings is 1. The van der Waals surface area contributed by atoms with E-state index in [2.05, 4.69) is 5.32 Å². The Morgan fingerprint density at radius 3 is 2.63 bits per heavy atom. The Balaban J connectivity index is 1.81. The standard InChI is InChI=1S/C15H21NO3/c1-11-2-4-13(5-3-11)15(18)16-10-14(17)12-6-8-19-9-7-12/h2-5,12,14,17H,6-10H2,1H3,(H,16,18). The van der Waals surface area contributed by atoms with Gasteiger partial charge in [0.15, 0.2) is 0 Å². The van der Waals surface area contributed by atoms with Gasteiger partial charge >= 0.3 is 0 Å². The maximum Gasteiger partial charge on any atom is 0.251 e. The molecule has 0 spiro atoms. The third-order valence-corrected chi connectivity index (χ3v) is 3.60. The number of aliphatic hydroxyl groups excluding tert-OH is 1. The first-order chi connectivity index (χ1) is 9.16. The summed E-state index contributed by atoms with van der Waals surface area (Å²) in [6.07, 6.45) is 1.24. The number of hydrogen-bond acceptors (Lipinski definition) is 3. The summed E-state index contributed by atoms with van der Waals surface area (Å²) in [5.74, 6) is 0.0955. The molecular weight excluding hydrogens is 242 g/mol. The van der Waals surface area contributed by atoms with Gasteiger partial charge in [-0.1, -0.05) is 17.7 Å². The van der Waals surface area contributed by atoms with Gasteiger partial charge in [0.05, 0.1) is 6.10 Å². The smallest absolute Gasteiger partial charge is 0.251 e. The van der Waals surface area contributed by atoms with E-state index in [9.17, 15) is 9.90 Å². The van der Waals surface area contributed by atoms with Gasteiger partial charge in [0, 0.05) is 25.3 Å². The average molecular weight is 263 g/mol. The molecule has 0 bridgehead atoms. The zero-order valence-corrected chi connectivity index (χ0v) is 11.3. The Morgan fingerprint density at radius 2 is 2.00 bits per heavy atom. The molecule has 1 atom stereocenters. The predicted octanol–water partition coefficient (Wildman–Crippen LogP) is 1.51. The van der Waals surface area contributed by atoms with Crippen molar-refractivity contribution in [3.8, 4) is 0 Å². The summed E-state index contributed by atoms with van der Waals surface area (Å²) in [4.78, 5) is 11.9. The Morgan fingerprint density at radius 1 is 1.37 bits per heavy atom. The Bertz CT molecular complexity index is 410. The van der Waals surface area contributed by atoms with Gasteiger partial charge in [-0.15, -0.1) is 0 Å². The second-order valence-electron chi connectivity index (χ2n) is 5.09. The van der Waals surface area contributed by atoms with E-state index in [1.807, 2.05) is 19.1 Å². The zero-order chi connectivity index (χ0) is 13.7. The molecular formula is C15H21NO3. The summed E-state index contributed by atoms with van der Waals surface area (Å²) in [7, 11) is 0. The number of aliphatic hydroxyl groups is 1.